The lowest BCUT2D eigenvalue weighted by Gasteiger charge is -2.34. The number of aromatic nitrogens is 2. The third-order valence-electron chi connectivity index (χ3n) is 2.35. The lowest BCUT2D eigenvalue weighted by atomic mass is 10.2. The van der Waals surface area contributed by atoms with Crippen LogP contribution in [-0.4, -0.2) is 15.0 Å². The van der Waals surface area contributed by atoms with E-state index in [1.165, 1.54) is 0 Å². The summed E-state index contributed by atoms with van der Waals surface area (Å²) >= 11 is 0. The predicted molar refractivity (Wildman–Crippen MR) is 69.7 cm³/mol. The van der Waals surface area contributed by atoms with E-state index in [9.17, 15) is 0 Å². The van der Waals surface area contributed by atoms with Gasteiger partial charge in [-0.2, -0.15) is 10.2 Å². The number of fused-ring (bicyclic) bond motifs is 3. The highest BCUT2D eigenvalue weighted by Gasteiger charge is 2.20. The molecule has 0 aliphatic carbocycles. The summed E-state index contributed by atoms with van der Waals surface area (Å²) in [7, 11) is 0. The van der Waals surface area contributed by atoms with Gasteiger partial charge in [0, 0.05) is 30.4 Å². The topological polar surface area (TPSA) is 56.1 Å². The van der Waals surface area contributed by atoms with Crippen LogP contribution in [0.4, 0.5) is 5.82 Å². The molecule has 0 unspecified atom stereocenters. The molecule has 5 nitrogen and oxygen atoms in total. The molecule has 0 fully saturated rings. The molecule has 2 aliphatic rings. The Kier molecular flexibility index (Phi) is 3.39. The monoisotopic (exact) mass is 239 g/mol. The fourth-order valence-electron chi connectivity index (χ4n) is 1.61. The second-order valence-corrected chi connectivity index (χ2v) is 3.31. The molecule has 0 N–H and O–H groups in total. The molecule has 2 aliphatic heterocycles. The van der Waals surface area contributed by atoms with Crippen molar-refractivity contribution in [3.05, 3.63) is 48.3 Å². The lowest BCUT2D eigenvalue weighted by Crippen LogP contribution is -2.35. The number of nitriles is 1. The Morgan fingerprint density at radius 3 is 2.72 bits per heavy atom. The van der Waals surface area contributed by atoms with Crippen molar-refractivity contribution in [2.75, 3.05) is 5.01 Å². The molecule has 0 radical (unpaired) electrons. The van der Waals surface area contributed by atoms with Gasteiger partial charge < -0.3 is 0 Å². The van der Waals surface area contributed by atoms with Crippen molar-refractivity contribution in [1.82, 2.24) is 15.0 Å². The molecule has 0 saturated heterocycles. The van der Waals surface area contributed by atoms with Crippen LogP contribution in [0.5, 0.6) is 0 Å². The largest absolute Gasteiger partial charge is 0.263 e. The second kappa shape index (κ2) is 5.15. The maximum absolute atomic E-state index is 8.78. The molecule has 0 atom stereocenters. The molecule has 0 bridgehead atoms. The molecule has 5 heteroatoms. The predicted octanol–water partition coefficient (Wildman–Crippen LogP) is 2.42. The van der Waals surface area contributed by atoms with Crippen molar-refractivity contribution >= 4 is 11.9 Å². The summed E-state index contributed by atoms with van der Waals surface area (Å²) < 4.78 is 0. The van der Waals surface area contributed by atoms with Crippen molar-refractivity contribution in [3.8, 4) is 6.07 Å². The van der Waals surface area contributed by atoms with E-state index in [4.69, 9.17) is 5.26 Å². The summed E-state index contributed by atoms with van der Waals surface area (Å²) in [5.41, 5.74) is 0.898. The highest BCUT2D eigenvalue weighted by Crippen LogP contribution is 2.27. The van der Waals surface area contributed by atoms with Gasteiger partial charge in [-0.25, -0.2) is 9.99 Å². The molecular weight excluding hydrogens is 226 g/mol. The molecule has 18 heavy (non-hydrogen) atoms. The molecule has 90 valence electrons. The molecule has 0 spiro atoms. The molecule has 0 saturated carbocycles. The first kappa shape index (κ1) is 11.9. The highest BCUT2D eigenvalue weighted by molar-refractivity contribution is 5.68. The number of nitrogens with zero attached hydrogens (tertiary/aromatic N) is 5. The van der Waals surface area contributed by atoms with E-state index < -0.39 is 0 Å². The van der Waals surface area contributed by atoms with Gasteiger partial charge in [-0.3, -0.25) is 5.01 Å². The first-order valence-corrected chi connectivity index (χ1v) is 5.76. The van der Waals surface area contributed by atoms with E-state index in [2.05, 4.69) is 9.97 Å². The minimum atomic E-state index is 0.178. The average molecular weight is 239 g/mol. The van der Waals surface area contributed by atoms with E-state index in [1.54, 1.807) is 6.20 Å². The summed E-state index contributed by atoms with van der Waals surface area (Å²) in [6.45, 7) is 4.00. The van der Waals surface area contributed by atoms with Crippen LogP contribution in [0.1, 0.15) is 25.2 Å². The van der Waals surface area contributed by atoms with Crippen LogP contribution in [-0.2, 0) is 0 Å². The minimum absolute atomic E-state index is 0.178. The molecule has 0 aromatic carbocycles. The molecular formula is C13H13N5. The first-order chi connectivity index (χ1) is 8.88. The summed E-state index contributed by atoms with van der Waals surface area (Å²) in [4.78, 5) is 8.13. The van der Waals surface area contributed by atoms with Crippen LogP contribution >= 0.6 is 0 Å². The van der Waals surface area contributed by atoms with E-state index in [-0.39, 0.29) is 5.82 Å². The van der Waals surface area contributed by atoms with Gasteiger partial charge in [0.15, 0.2) is 5.82 Å². The fraction of sp³-hybridized carbons (Fsp3) is 0.154. The molecule has 3 rings (SSSR count). The average Bonchev–Trinajstić information content (AvgIpc) is 2.48. The number of hydrogen-bond acceptors (Lipinski definition) is 5. The summed E-state index contributed by atoms with van der Waals surface area (Å²) in [5.74, 6) is 0.895. The SMILES string of the molecule is CC.N#Cc1ncc2c(n1)N1C=CC=CN1C=C2. The van der Waals surface area contributed by atoms with Crippen LogP contribution in [0.2, 0.25) is 0 Å². The lowest BCUT2D eigenvalue weighted by molar-refractivity contribution is 0.498. The zero-order valence-electron chi connectivity index (χ0n) is 10.3. The summed E-state index contributed by atoms with van der Waals surface area (Å²) in [6, 6.07) is 1.94. The van der Waals surface area contributed by atoms with Crippen LogP contribution in [0.3, 0.4) is 0 Å². The van der Waals surface area contributed by atoms with Gasteiger partial charge >= 0.3 is 0 Å². The Morgan fingerprint density at radius 2 is 1.94 bits per heavy atom. The van der Waals surface area contributed by atoms with Crippen molar-refractivity contribution in [2.24, 2.45) is 0 Å². The Balaban J connectivity index is 0.000000574. The maximum atomic E-state index is 8.78. The van der Waals surface area contributed by atoms with Crippen LogP contribution in [0, 0.1) is 11.3 Å². The normalized spacial score (nSPS) is 14.3. The van der Waals surface area contributed by atoms with Gasteiger partial charge in [0.25, 0.3) is 0 Å². The summed E-state index contributed by atoms with van der Waals surface area (Å²) in [5, 5.41) is 12.5. The van der Waals surface area contributed by atoms with Crippen LogP contribution < -0.4 is 5.01 Å². The van der Waals surface area contributed by atoms with Gasteiger partial charge in [-0.15, -0.1) is 0 Å². The van der Waals surface area contributed by atoms with Crippen molar-refractivity contribution in [1.29, 1.82) is 5.26 Å². The summed E-state index contributed by atoms with van der Waals surface area (Å²) in [6.07, 6.45) is 13.1. The van der Waals surface area contributed by atoms with Gasteiger partial charge in [0.2, 0.25) is 5.82 Å². The Hall–Kier alpha value is -2.61. The zero-order chi connectivity index (χ0) is 13.0. The van der Waals surface area contributed by atoms with Crippen molar-refractivity contribution in [3.63, 3.8) is 0 Å². The number of allylic oxidation sites excluding steroid dienone is 2. The maximum Gasteiger partial charge on any atom is 0.234 e. The number of anilines is 1. The molecule has 1 aromatic heterocycles. The van der Waals surface area contributed by atoms with Gasteiger partial charge in [0.1, 0.15) is 6.07 Å². The standard InChI is InChI=1S/C11H7N5.C2H6/c12-7-10-13-8-9-3-6-15-4-1-2-5-16(15)11(9)14-10;1-2/h1-6,8H;1-2H3. The Morgan fingerprint density at radius 1 is 1.17 bits per heavy atom. The van der Waals surface area contributed by atoms with Gasteiger partial charge in [0.05, 0.1) is 0 Å². The van der Waals surface area contributed by atoms with Crippen molar-refractivity contribution in [2.45, 2.75) is 13.8 Å². The molecule has 3 heterocycles. The number of hydrogen-bond donors (Lipinski definition) is 0. The molecule has 1 aromatic rings. The van der Waals surface area contributed by atoms with E-state index >= 15 is 0 Å². The van der Waals surface area contributed by atoms with E-state index in [0.717, 1.165) is 11.4 Å². The first-order valence-electron chi connectivity index (χ1n) is 5.76. The molecule has 0 amide bonds. The number of rotatable bonds is 0. The van der Waals surface area contributed by atoms with E-state index in [0.29, 0.717) is 0 Å². The van der Waals surface area contributed by atoms with Crippen molar-refractivity contribution < 1.29 is 0 Å². The van der Waals surface area contributed by atoms with Gasteiger partial charge in [-0.1, -0.05) is 13.8 Å². The zero-order valence-corrected chi connectivity index (χ0v) is 10.3. The third kappa shape index (κ3) is 1.96. The van der Waals surface area contributed by atoms with Crippen LogP contribution in [0.25, 0.3) is 6.08 Å². The second-order valence-electron chi connectivity index (χ2n) is 3.31. The highest BCUT2D eigenvalue weighted by atomic mass is 15.6. The number of hydrazine groups is 1. The smallest absolute Gasteiger partial charge is 0.234 e. The Bertz CT molecular complexity index is 565. The van der Waals surface area contributed by atoms with E-state index in [1.807, 2.05) is 66.8 Å². The van der Waals surface area contributed by atoms with Crippen LogP contribution in [0.15, 0.2) is 36.9 Å². The quantitative estimate of drug-likeness (QED) is 0.696. The van der Waals surface area contributed by atoms with Gasteiger partial charge in [-0.05, 0) is 18.2 Å². The fourth-order valence-corrected chi connectivity index (χ4v) is 1.61. The minimum Gasteiger partial charge on any atom is -0.263 e. The Labute approximate surface area is 106 Å². The third-order valence-corrected chi connectivity index (χ3v) is 2.35.